The van der Waals surface area contributed by atoms with Crippen molar-refractivity contribution in [3.05, 3.63) is 0 Å². The van der Waals surface area contributed by atoms with E-state index in [0.29, 0.717) is 0 Å². The second-order valence-electron chi connectivity index (χ2n) is 5.04. The summed E-state index contributed by atoms with van der Waals surface area (Å²) in [5.74, 6) is 0. The van der Waals surface area contributed by atoms with Gasteiger partial charge in [0.15, 0.2) is 0 Å². The minimum Gasteiger partial charge on any atom is -0.373 e. The van der Waals surface area contributed by atoms with Crippen LogP contribution in [0.5, 0.6) is 0 Å². The minimum atomic E-state index is -0.351. The monoisotopic (exact) mass is 196 g/mol. The van der Waals surface area contributed by atoms with Crippen molar-refractivity contribution in [2.45, 2.75) is 57.3 Å². The van der Waals surface area contributed by atoms with Gasteiger partial charge in [0.05, 0.1) is 17.8 Å². The maximum Gasteiger partial charge on any atom is 0.109 e. The van der Waals surface area contributed by atoms with Crippen LogP contribution in [-0.2, 0) is 4.74 Å². The number of rotatable bonds is 2. The van der Waals surface area contributed by atoms with Crippen molar-refractivity contribution in [1.29, 1.82) is 5.26 Å². The molecule has 1 N–H and O–H groups in total. The van der Waals surface area contributed by atoms with Crippen molar-refractivity contribution in [2.75, 3.05) is 7.05 Å². The van der Waals surface area contributed by atoms with Gasteiger partial charge in [-0.1, -0.05) is 0 Å². The van der Waals surface area contributed by atoms with E-state index in [0.717, 1.165) is 19.3 Å². The van der Waals surface area contributed by atoms with E-state index >= 15 is 0 Å². The highest BCUT2D eigenvalue weighted by Gasteiger charge is 2.39. The van der Waals surface area contributed by atoms with Gasteiger partial charge in [0.25, 0.3) is 0 Å². The number of nitrogens with zero attached hydrogens (tertiary/aromatic N) is 1. The van der Waals surface area contributed by atoms with Gasteiger partial charge in [-0.2, -0.15) is 5.26 Å². The molecule has 0 radical (unpaired) electrons. The lowest BCUT2D eigenvalue weighted by Crippen LogP contribution is -2.39. The maximum atomic E-state index is 9.06. The van der Waals surface area contributed by atoms with Crippen molar-refractivity contribution in [2.24, 2.45) is 0 Å². The molecule has 2 unspecified atom stereocenters. The molecule has 0 heterocycles. The Morgan fingerprint density at radius 2 is 2.14 bits per heavy atom. The van der Waals surface area contributed by atoms with E-state index in [2.05, 4.69) is 32.2 Å². The highest BCUT2D eigenvalue weighted by atomic mass is 16.5. The normalized spacial score (nSPS) is 32.9. The van der Waals surface area contributed by atoms with Gasteiger partial charge in [-0.05, 0) is 40.7 Å². The average molecular weight is 196 g/mol. The van der Waals surface area contributed by atoms with Gasteiger partial charge < -0.3 is 10.1 Å². The Labute approximate surface area is 86.4 Å². The number of nitriles is 1. The molecular formula is C11H20N2O. The van der Waals surface area contributed by atoms with Crippen molar-refractivity contribution >= 4 is 0 Å². The Bertz CT molecular complexity index is 239. The van der Waals surface area contributed by atoms with Gasteiger partial charge in [-0.25, -0.2) is 0 Å². The highest BCUT2D eigenvalue weighted by Crippen LogP contribution is 2.33. The van der Waals surface area contributed by atoms with Crippen LogP contribution in [0, 0.1) is 11.3 Å². The molecule has 0 spiro atoms. The number of ether oxygens (including phenoxy) is 1. The predicted octanol–water partition coefficient (Wildman–Crippen LogP) is 1.84. The Kier molecular flexibility index (Phi) is 3.18. The van der Waals surface area contributed by atoms with E-state index in [1.807, 2.05) is 7.05 Å². The van der Waals surface area contributed by atoms with Gasteiger partial charge in [0.1, 0.15) is 5.54 Å². The summed E-state index contributed by atoms with van der Waals surface area (Å²) >= 11 is 0. The van der Waals surface area contributed by atoms with Gasteiger partial charge in [0, 0.05) is 6.42 Å². The Morgan fingerprint density at radius 1 is 1.50 bits per heavy atom. The first-order valence-corrected chi connectivity index (χ1v) is 5.19. The van der Waals surface area contributed by atoms with Crippen LogP contribution < -0.4 is 5.32 Å². The molecule has 3 heteroatoms. The van der Waals surface area contributed by atoms with Crippen LogP contribution in [-0.4, -0.2) is 24.3 Å². The molecule has 0 saturated heterocycles. The number of nitrogens with one attached hydrogen (secondary N) is 1. The van der Waals surface area contributed by atoms with E-state index in [4.69, 9.17) is 10.00 Å². The average Bonchev–Trinajstić information content (AvgIpc) is 2.46. The van der Waals surface area contributed by atoms with Crippen LogP contribution >= 0.6 is 0 Å². The first kappa shape index (κ1) is 11.5. The third kappa shape index (κ3) is 2.70. The zero-order valence-corrected chi connectivity index (χ0v) is 9.55. The summed E-state index contributed by atoms with van der Waals surface area (Å²) in [4.78, 5) is 0. The Balaban J connectivity index is 2.54. The van der Waals surface area contributed by atoms with Crippen LogP contribution in [0.15, 0.2) is 0 Å². The molecule has 0 amide bonds. The molecular weight excluding hydrogens is 176 g/mol. The molecule has 0 bridgehead atoms. The molecule has 0 aromatic heterocycles. The molecule has 1 fully saturated rings. The molecule has 0 aromatic carbocycles. The summed E-state index contributed by atoms with van der Waals surface area (Å²) in [5, 5.41) is 12.2. The summed E-state index contributed by atoms with van der Waals surface area (Å²) < 4.78 is 5.87. The third-order valence-corrected chi connectivity index (χ3v) is 2.68. The maximum absolute atomic E-state index is 9.06. The zero-order valence-electron chi connectivity index (χ0n) is 9.55. The molecule has 2 atom stereocenters. The Morgan fingerprint density at radius 3 is 2.50 bits per heavy atom. The standard InChI is InChI=1S/C11H20N2O/c1-10(2,3)14-9-5-6-11(7-9,8-12)13-4/h9,13H,5-7H2,1-4H3. The molecule has 1 saturated carbocycles. The fourth-order valence-electron chi connectivity index (χ4n) is 1.99. The molecule has 1 aliphatic carbocycles. The minimum absolute atomic E-state index is 0.107. The lowest BCUT2D eigenvalue weighted by Gasteiger charge is -2.26. The number of hydrogen-bond acceptors (Lipinski definition) is 3. The fraction of sp³-hybridized carbons (Fsp3) is 0.909. The second kappa shape index (κ2) is 3.88. The molecule has 14 heavy (non-hydrogen) atoms. The van der Waals surface area contributed by atoms with E-state index in [9.17, 15) is 0 Å². The van der Waals surface area contributed by atoms with Gasteiger partial charge in [-0.15, -0.1) is 0 Å². The van der Waals surface area contributed by atoms with E-state index in [-0.39, 0.29) is 17.2 Å². The van der Waals surface area contributed by atoms with Crippen molar-refractivity contribution in [3.63, 3.8) is 0 Å². The first-order valence-electron chi connectivity index (χ1n) is 5.19. The number of hydrogen-bond donors (Lipinski definition) is 1. The topological polar surface area (TPSA) is 45.0 Å². The molecule has 80 valence electrons. The van der Waals surface area contributed by atoms with Crippen LogP contribution in [0.2, 0.25) is 0 Å². The quantitative estimate of drug-likeness (QED) is 0.733. The van der Waals surface area contributed by atoms with Gasteiger partial charge in [0.2, 0.25) is 0 Å². The van der Waals surface area contributed by atoms with Crippen LogP contribution in [0.3, 0.4) is 0 Å². The summed E-state index contributed by atoms with van der Waals surface area (Å²) in [6.45, 7) is 6.16. The molecule has 3 nitrogen and oxygen atoms in total. The SMILES string of the molecule is CNC1(C#N)CCC(OC(C)(C)C)C1. The first-order chi connectivity index (χ1) is 6.41. The largest absolute Gasteiger partial charge is 0.373 e. The van der Waals surface area contributed by atoms with E-state index in [1.165, 1.54) is 0 Å². The van der Waals surface area contributed by atoms with Crippen LogP contribution in [0.1, 0.15) is 40.0 Å². The summed E-state index contributed by atoms with van der Waals surface area (Å²) in [7, 11) is 1.85. The summed E-state index contributed by atoms with van der Waals surface area (Å²) in [5.41, 5.74) is -0.458. The van der Waals surface area contributed by atoms with E-state index in [1.54, 1.807) is 0 Å². The lowest BCUT2D eigenvalue weighted by atomic mass is 10.0. The van der Waals surface area contributed by atoms with Crippen molar-refractivity contribution < 1.29 is 4.74 Å². The van der Waals surface area contributed by atoms with Crippen molar-refractivity contribution in [3.8, 4) is 6.07 Å². The zero-order chi connectivity index (χ0) is 10.8. The van der Waals surface area contributed by atoms with Gasteiger partial charge >= 0.3 is 0 Å². The lowest BCUT2D eigenvalue weighted by molar-refractivity contribution is -0.0576. The second-order valence-corrected chi connectivity index (χ2v) is 5.04. The van der Waals surface area contributed by atoms with Crippen LogP contribution in [0.25, 0.3) is 0 Å². The van der Waals surface area contributed by atoms with Gasteiger partial charge in [-0.3, -0.25) is 0 Å². The smallest absolute Gasteiger partial charge is 0.109 e. The highest BCUT2D eigenvalue weighted by molar-refractivity contribution is 5.11. The predicted molar refractivity (Wildman–Crippen MR) is 55.9 cm³/mol. The molecule has 1 rings (SSSR count). The van der Waals surface area contributed by atoms with E-state index < -0.39 is 0 Å². The summed E-state index contributed by atoms with van der Waals surface area (Å²) in [6.07, 6.45) is 2.89. The summed E-state index contributed by atoms with van der Waals surface area (Å²) in [6, 6.07) is 2.35. The van der Waals surface area contributed by atoms with Crippen molar-refractivity contribution in [1.82, 2.24) is 5.32 Å². The molecule has 0 aliphatic heterocycles. The molecule has 1 aliphatic rings. The Hall–Kier alpha value is -0.590. The van der Waals surface area contributed by atoms with Crippen LogP contribution in [0.4, 0.5) is 0 Å². The third-order valence-electron chi connectivity index (χ3n) is 2.68. The fourth-order valence-corrected chi connectivity index (χ4v) is 1.99. The molecule has 0 aromatic rings.